The summed E-state index contributed by atoms with van der Waals surface area (Å²) >= 11 is 0. The van der Waals surface area contributed by atoms with Gasteiger partial charge in [-0.05, 0) is 31.9 Å². The third kappa shape index (κ3) is 4.11. The third-order valence-electron chi connectivity index (χ3n) is 4.47. The monoisotopic (exact) mass is 341 g/mol. The molecule has 7 heteroatoms. The molecular formula is C18H23N5O2. The highest BCUT2D eigenvalue weighted by Crippen LogP contribution is 2.25. The molecule has 1 atom stereocenters. The summed E-state index contributed by atoms with van der Waals surface area (Å²) in [5.74, 6) is 0.606. The van der Waals surface area contributed by atoms with Crippen LogP contribution >= 0.6 is 0 Å². The molecule has 0 aromatic carbocycles. The topological polar surface area (TPSA) is 82.5 Å². The maximum Gasteiger partial charge on any atom is 0.255 e. The molecule has 0 bridgehead atoms. The van der Waals surface area contributed by atoms with E-state index in [4.69, 9.17) is 0 Å². The third-order valence-corrected chi connectivity index (χ3v) is 4.47. The van der Waals surface area contributed by atoms with Crippen LogP contribution in [0.4, 0.5) is 5.82 Å². The first-order valence-corrected chi connectivity index (χ1v) is 8.38. The van der Waals surface area contributed by atoms with Crippen molar-refractivity contribution >= 4 is 11.7 Å². The molecule has 1 fully saturated rings. The van der Waals surface area contributed by atoms with Crippen LogP contribution < -0.4 is 4.90 Å². The van der Waals surface area contributed by atoms with Crippen LogP contribution in [0, 0.1) is 6.92 Å². The normalized spacial score (nSPS) is 20.4. The van der Waals surface area contributed by atoms with Crippen LogP contribution in [0.15, 0.2) is 36.9 Å². The summed E-state index contributed by atoms with van der Waals surface area (Å²) in [7, 11) is 1.71. The van der Waals surface area contributed by atoms with Crippen molar-refractivity contribution in [3.63, 3.8) is 0 Å². The number of β-amino-alcohol motifs (C(OH)–C–C–N with tert-alkyl or cyclic N) is 1. The molecule has 0 unspecified atom stereocenters. The van der Waals surface area contributed by atoms with E-state index in [0.29, 0.717) is 18.5 Å². The average Bonchev–Trinajstić information content (AvgIpc) is 2.62. The van der Waals surface area contributed by atoms with Gasteiger partial charge in [0.2, 0.25) is 0 Å². The smallest absolute Gasteiger partial charge is 0.255 e. The summed E-state index contributed by atoms with van der Waals surface area (Å²) in [5, 5.41) is 11.0. The van der Waals surface area contributed by atoms with Gasteiger partial charge in [0.25, 0.3) is 5.91 Å². The molecule has 3 heterocycles. The van der Waals surface area contributed by atoms with Gasteiger partial charge in [0.1, 0.15) is 5.82 Å². The van der Waals surface area contributed by atoms with Crippen molar-refractivity contribution in [1.29, 1.82) is 0 Å². The van der Waals surface area contributed by atoms with Gasteiger partial charge in [0, 0.05) is 44.4 Å². The van der Waals surface area contributed by atoms with Crippen molar-refractivity contribution in [3.05, 3.63) is 48.2 Å². The molecule has 0 spiro atoms. The summed E-state index contributed by atoms with van der Waals surface area (Å²) in [6.45, 7) is 3.39. The van der Waals surface area contributed by atoms with Gasteiger partial charge in [-0.1, -0.05) is 0 Å². The first-order chi connectivity index (χ1) is 12.0. The van der Waals surface area contributed by atoms with Gasteiger partial charge in [-0.25, -0.2) is 4.98 Å². The number of anilines is 1. The van der Waals surface area contributed by atoms with E-state index >= 15 is 0 Å². The Labute approximate surface area is 147 Å². The fourth-order valence-corrected chi connectivity index (χ4v) is 3.22. The lowest BCUT2D eigenvalue weighted by Crippen LogP contribution is -2.54. The molecule has 7 nitrogen and oxygen atoms in total. The summed E-state index contributed by atoms with van der Waals surface area (Å²) in [4.78, 5) is 28.7. The van der Waals surface area contributed by atoms with Crippen LogP contribution in [0.1, 0.15) is 28.9 Å². The van der Waals surface area contributed by atoms with Gasteiger partial charge in [-0.2, -0.15) is 0 Å². The second kappa shape index (κ2) is 7.14. The quantitative estimate of drug-likeness (QED) is 0.902. The highest BCUT2D eigenvalue weighted by atomic mass is 16.3. The molecule has 0 saturated carbocycles. The zero-order valence-electron chi connectivity index (χ0n) is 14.6. The van der Waals surface area contributed by atoms with Gasteiger partial charge in [-0.15, -0.1) is 0 Å². The molecule has 1 saturated heterocycles. The Balaban J connectivity index is 1.68. The first-order valence-electron chi connectivity index (χ1n) is 8.38. The molecule has 2 aromatic rings. The van der Waals surface area contributed by atoms with Crippen LogP contribution in [0.25, 0.3) is 0 Å². The predicted octanol–water partition coefficient (Wildman–Crippen LogP) is 1.28. The number of pyridine rings is 1. The Kier molecular flexibility index (Phi) is 4.94. The number of rotatable bonds is 4. The molecule has 1 amide bonds. The predicted molar refractivity (Wildman–Crippen MR) is 94.4 cm³/mol. The minimum absolute atomic E-state index is 0.141. The van der Waals surface area contributed by atoms with E-state index in [1.54, 1.807) is 42.8 Å². The molecule has 1 N–H and O–H groups in total. The summed E-state index contributed by atoms with van der Waals surface area (Å²) < 4.78 is 0. The summed E-state index contributed by atoms with van der Waals surface area (Å²) in [6.07, 6.45) is 8.02. The van der Waals surface area contributed by atoms with E-state index in [2.05, 4.69) is 15.0 Å². The number of likely N-dealkylation sites (N-methyl/N-ethyl adjacent to an activating group) is 1. The van der Waals surface area contributed by atoms with Crippen molar-refractivity contribution in [2.24, 2.45) is 0 Å². The van der Waals surface area contributed by atoms with Gasteiger partial charge in [0.15, 0.2) is 0 Å². The van der Waals surface area contributed by atoms with Crippen molar-refractivity contribution < 1.29 is 9.90 Å². The Morgan fingerprint density at radius 3 is 2.84 bits per heavy atom. The highest BCUT2D eigenvalue weighted by Gasteiger charge is 2.36. The Hall–Kier alpha value is -2.54. The van der Waals surface area contributed by atoms with Gasteiger partial charge < -0.3 is 14.9 Å². The summed E-state index contributed by atoms with van der Waals surface area (Å²) in [5.41, 5.74) is 0.418. The maximum atomic E-state index is 12.6. The SMILES string of the molecule is Cc1ccc(C(=O)N(C)C[C@]2(O)CCCN(c3cnccn3)C2)cn1. The van der Waals surface area contributed by atoms with E-state index in [-0.39, 0.29) is 12.5 Å². The zero-order valence-corrected chi connectivity index (χ0v) is 14.6. The molecule has 2 aromatic heterocycles. The minimum atomic E-state index is -0.974. The molecule has 0 aliphatic carbocycles. The zero-order chi connectivity index (χ0) is 17.9. The van der Waals surface area contributed by atoms with Gasteiger partial charge >= 0.3 is 0 Å². The van der Waals surface area contributed by atoms with Crippen molar-refractivity contribution in [2.75, 3.05) is 31.6 Å². The van der Waals surface area contributed by atoms with Crippen molar-refractivity contribution in [1.82, 2.24) is 19.9 Å². The fraction of sp³-hybridized carbons (Fsp3) is 0.444. The number of hydrogen-bond acceptors (Lipinski definition) is 6. The van der Waals surface area contributed by atoms with Crippen LogP contribution in [-0.4, -0.2) is 63.1 Å². The number of carbonyl (C=O) groups excluding carboxylic acids is 1. The molecule has 132 valence electrons. The average molecular weight is 341 g/mol. The Bertz CT molecular complexity index is 722. The number of piperidine rings is 1. The fourth-order valence-electron chi connectivity index (χ4n) is 3.22. The lowest BCUT2D eigenvalue weighted by atomic mass is 9.92. The molecule has 1 aliphatic rings. The number of amides is 1. The van der Waals surface area contributed by atoms with Crippen molar-refractivity contribution in [3.8, 4) is 0 Å². The lowest BCUT2D eigenvalue weighted by molar-refractivity contribution is -0.000157. The second-order valence-corrected chi connectivity index (χ2v) is 6.66. The molecule has 25 heavy (non-hydrogen) atoms. The second-order valence-electron chi connectivity index (χ2n) is 6.66. The number of hydrogen-bond donors (Lipinski definition) is 1. The molecule has 1 aliphatic heterocycles. The first kappa shape index (κ1) is 17.3. The number of nitrogens with zero attached hydrogens (tertiary/aromatic N) is 5. The van der Waals surface area contributed by atoms with E-state index in [0.717, 1.165) is 24.5 Å². The van der Waals surface area contributed by atoms with E-state index in [1.807, 2.05) is 17.9 Å². The number of aryl methyl sites for hydroxylation is 1. The van der Waals surface area contributed by atoms with Crippen LogP contribution in [-0.2, 0) is 0 Å². The number of aromatic nitrogens is 3. The van der Waals surface area contributed by atoms with Crippen molar-refractivity contribution in [2.45, 2.75) is 25.4 Å². The lowest BCUT2D eigenvalue weighted by Gasteiger charge is -2.41. The summed E-state index contributed by atoms with van der Waals surface area (Å²) in [6, 6.07) is 3.57. The van der Waals surface area contributed by atoms with Crippen LogP contribution in [0.2, 0.25) is 0 Å². The van der Waals surface area contributed by atoms with E-state index in [1.165, 1.54) is 0 Å². The van der Waals surface area contributed by atoms with Crippen LogP contribution in [0.5, 0.6) is 0 Å². The maximum absolute atomic E-state index is 12.6. The molecule has 0 radical (unpaired) electrons. The van der Waals surface area contributed by atoms with Gasteiger partial charge in [-0.3, -0.25) is 14.8 Å². The Morgan fingerprint density at radius 2 is 2.16 bits per heavy atom. The molecular weight excluding hydrogens is 318 g/mol. The van der Waals surface area contributed by atoms with Crippen LogP contribution in [0.3, 0.4) is 0 Å². The van der Waals surface area contributed by atoms with Gasteiger partial charge in [0.05, 0.1) is 23.9 Å². The van der Waals surface area contributed by atoms with E-state index in [9.17, 15) is 9.90 Å². The standard InChI is InChI=1S/C18H23N5O2/c1-14-4-5-15(10-21-14)17(24)22(2)12-18(25)6-3-9-23(13-18)16-11-19-7-8-20-16/h4-5,7-8,10-11,25H,3,6,9,12-13H2,1-2H3/t18-/m1/s1. The molecule has 3 rings (SSSR count). The Morgan fingerprint density at radius 1 is 1.32 bits per heavy atom. The minimum Gasteiger partial charge on any atom is -0.386 e. The number of carbonyl (C=O) groups is 1. The highest BCUT2D eigenvalue weighted by molar-refractivity contribution is 5.93. The van der Waals surface area contributed by atoms with E-state index < -0.39 is 5.60 Å². The largest absolute Gasteiger partial charge is 0.386 e. The number of aliphatic hydroxyl groups is 1.